The Morgan fingerprint density at radius 1 is 1.19 bits per heavy atom. The Balaban J connectivity index is 1.03. The fourth-order valence-electron chi connectivity index (χ4n) is 8.26. The number of hydrogen-bond donors (Lipinski definition) is 1. The zero-order valence-electron chi connectivity index (χ0n) is 30.9. The molecule has 0 saturated carbocycles. The first-order valence-corrected chi connectivity index (χ1v) is 18.5. The SMILES string of the molecule is CCN(C(=O)c1cc(F)ccc1Oc1cncnc1N1CCC2(CCN(Cc3ccc4c(cc(C#N)n4CCC4CNC(=O)CO4)c3C)C2)C1)C(C)C. The van der Waals surface area contributed by atoms with Crippen LogP contribution in [0.1, 0.15) is 67.2 Å². The maximum absolute atomic E-state index is 14.4. The monoisotopic (exact) mass is 722 g/mol. The van der Waals surface area contributed by atoms with Crippen molar-refractivity contribution in [1.82, 2.24) is 29.7 Å². The molecule has 2 amide bonds. The number of aryl methyl sites for hydroxylation is 2. The van der Waals surface area contributed by atoms with Gasteiger partial charge in [0.1, 0.15) is 36.3 Å². The number of aromatic nitrogens is 3. The lowest BCUT2D eigenvalue weighted by Crippen LogP contribution is -2.43. The molecular weight excluding hydrogens is 675 g/mol. The Labute approximate surface area is 309 Å². The molecule has 1 spiro atoms. The number of likely N-dealkylation sites (tertiary alicyclic amines) is 1. The van der Waals surface area contributed by atoms with E-state index in [4.69, 9.17) is 9.47 Å². The molecule has 7 rings (SSSR count). The minimum Gasteiger partial charge on any atom is -0.451 e. The van der Waals surface area contributed by atoms with Crippen molar-refractivity contribution in [2.45, 2.75) is 72.2 Å². The first-order valence-electron chi connectivity index (χ1n) is 18.5. The zero-order valence-corrected chi connectivity index (χ0v) is 30.9. The lowest BCUT2D eigenvalue weighted by Gasteiger charge is -2.27. The van der Waals surface area contributed by atoms with Gasteiger partial charge in [-0.05, 0) is 95.0 Å². The summed E-state index contributed by atoms with van der Waals surface area (Å²) in [5, 5.41) is 13.9. The molecule has 2 aromatic carbocycles. The molecular formula is C40H47FN8O4. The van der Waals surface area contributed by atoms with Crippen LogP contribution in [0.4, 0.5) is 10.2 Å². The number of nitrogens with zero attached hydrogens (tertiary/aromatic N) is 7. The summed E-state index contributed by atoms with van der Waals surface area (Å²) in [5.41, 5.74) is 4.35. The summed E-state index contributed by atoms with van der Waals surface area (Å²) in [5.74, 6) is 0.472. The summed E-state index contributed by atoms with van der Waals surface area (Å²) in [6.45, 7) is 14.0. The van der Waals surface area contributed by atoms with E-state index in [0.29, 0.717) is 43.3 Å². The third kappa shape index (κ3) is 7.43. The molecule has 0 radical (unpaired) electrons. The second-order valence-electron chi connectivity index (χ2n) is 14.9. The Hall–Kier alpha value is -5.06. The van der Waals surface area contributed by atoms with E-state index in [1.165, 1.54) is 35.7 Å². The van der Waals surface area contributed by atoms with Crippen LogP contribution in [0.5, 0.6) is 11.5 Å². The highest BCUT2D eigenvalue weighted by atomic mass is 19.1. The fourth-order valence-corrected chi connectivity index (χ4v) is 8.26. The zero-order chi connectivity index (χ0) is 37.3. The maximum atomic E-state index is 14.4. The van der Waals surface area contributed by atoms with E-state index in [2.05, 4.69) is 54.8 Å². The van der Waals surface area contributed by atoms with Crippen LogP contribution < -0.4 is 15.0 Å². The lowest BCUT2D eigenvalue weighted by atomic mass is 9.86. The largest absolute Gasteiger partial charge is 0.451 e. The summed E-state index contributed by atoms with van der Waals surface area (Å²) < 4.78 is 28.5. The molecule has 4 aromatic rings. The number of morpholine rings is 1. The van der Waals surface area contributed by atoms with E-state index in [-0.39, 0.29) is 47.3 Å². The molecule has 13 heteroatoms. The van der Waals surface area contributed by atoms with Gasteiger partial charge in [0.2, 0.25) is 5.91 Å². The molecule has 2 unspecified atom stereocenters. The number of amides is 2. The van der Waals surface area contributed by atoms with Crippen LogP contribution in [0.3, 0.4) is 0 Å². The number of carbonyl (C=O) groups is 2. The normalized spacial score (nSPS) is 20.4. The van der Waals surface area contributed by atoms with Crippen LogP contribution in [0.15, 0.2) is 48.9 Å². The minimum absolute atomic E-state index is 0.0541. The smallest absolute Gasteiger partial charge is 0.257 e. The predicted molar refractivity (Wildman–Crippen MR) is 198 cm³/mol. The van der Waals surface area contributed by atoms with Crippen LogP contribution in [0.2, 0.25) is 0 Å². The number of halogens is 1. The third-order valence-electron chi connectivity index (χ3n) is 11.2. The van der Waals surface area contributed by atoms with E-state index >= 15 is 0 Å². The first-order chi connectivity index (χ1) is 25.6. The summed E-state index contributed by atoms with van der Waals surface area (Å²) in [6.07, 6.45) is 5.82. The number of nitrogens with one attached hydrogen (secondary N) is 1. The highest BCUT2D eigenvalue weighted by Gasteiger charge is 2.44. The summed E-state index contributed by atoms with van der Waals surface area (Å²) in [6, 6.07) is 12.7. The van der Waals surface area contributed by atoms with E-state index in [1.54, 1.807) is 11.1 Å². The van der Waals surface area contributed by atoms with E-state index in [0.717, 1.165) is 56.5 Å². The van der Waals surface area contributed by atoms with Gasteiger partial charge in [0.25, 0.3) is 5.91 Å². The fraction of sp³-hybridized carbons (Fsp3) is 0.475. The number of nitriles is 1. The van der Waals surface area contributed by atoms with Crippen LogP contribution in [-0.4, -0.2) is 94.2 Å². The van der Waals surface area contributed by atoms with Crippen molar-refractivity contribution in [3.05, 3.63) is 77.1 Å². The highest BCUT2D eigenvalue weighted by Crippen LogP contribution is 2.44. The van der Waals surface area contributed by atoms with Crippen LogP contribution in [-0.2, 0) is 22.6 Å². The maximum Gasteiger partial charge on any atom is 0.257 e. The van der Waals surface area contributed by atoms with Crippen LogP contribution in [0, 0.1) is 29.5 Å². The Morgan fingerprint density at radius 2 is 2.02 bits per heavy atom. The average Bonchev–Trinajstić information content (AvgIpc) is 3.87. The Bertz CT molecular complexity index is 2050. The molecule has 53 heavy (non-hydrogen) atoms. The molecule has 1 N–H and O–H groups in total. The van der Waals surface area contributed by atoms with Gasteiger partial charge in [-0.15, -0.1) is 0 Å². The van der Waals surface area contributed by atoms with E-state index in [9.17, 15) is 19.2 Å². The molecule has 3 aliphatic heterocycles. The molecule has 2 atom stereocenters. The molecule has 0 bridgehead atoms. The Kier molecular flexibility index (Phi) is 10.4. The van der Waals surface area contributed by atoms with Crippen molar-refractivity contribution in [2.75, 3.05) is 50.8 Å². The average molecular weight is 723 g/mol. The second-order valence-corrected chi connectivity index (χ2v) is 14.9. The van der Waals surface area contributed by atoms with Gasteiger partial charge in [0, 0.05) is 68.2 Å². The van der Waals surface area contributed by atoms with E-state index < -0.39 is 5.82 Å². The van der Waals surface area contributed by atoms with Gasteiger partial charge in [-0.2, -0.15) is 5.26 Å². The predicted octanol–water partition coefficient (Wildman–Crippen LogP) is 5.42. The summed E-state index contributed by atoms with van der Waals surface area (Å²) in [7, 11) is 0. The van der Waals surface area contributed by atoms with Crippen molar-refractivity contribution < 1.29 is 23.5 Å². The van der Waals surface area contributed by atoms with Crippen LogP contribution in [0.25, 0.3) is 10.9 Å². The molecule has 5 heterocycles. The molecule has 3 saturated heterocycles. The van der Waals surface area contributed by atoms with Crippen molar-refractivity contribution in [3.8, 4) is 17.6 Å². The molecule has 3 fully saturated rings. The van der Waals surface area contributed by atoms with Gasteiger partial charge in [-0.25, -0.2) is 14.4 Å². The van der Waals surface area contributed by atoms with Crippen molar-refractivity contribution in [1.29, 1.82) is 5.26 Å². The molecule has 278 valence electrons. The first kappa shape index (κ1) is 36.3. The quantitative estimate of drug-likeness (QED) is 0.216. The number of anilines is 1. The number of fused-ring (bicyclic) bond motifs is 1. The van der Waals surface area contributed by atoms with Gasteiger partial charge in [0.05, 0.1) is 17.9 Å². The summed E-state index contributed by atoms with van der Waals surface area (Å²) >= 11 is 0. The van der Waals surface area contributed by atoms with Gasteiger partial charge in [0.15, 0.2) is 11.6 Å². The van der Waals surface area contributed by atoms with Gasteiger partial charge in [-0.1, -0.05) is 6.07 Å². The van der Waals surface area contributed by atoms with Crippen molar-refractivity contribution in [2.24, 2.45) is 5.41 Å². The number of ether oxygens (including phenoxy) is 2. The molecule has 0 aliphatic carbocycles. The minimum atomic E-state index is -0.503. The van der Waals surface area contributed by atoms with Crippen LogP contribution >= 0.6 is 0 Å². The third-order valence-corrected chi connectivity index (χ3v) is 11.2. The number of benzene rings is 2. The van der Waals surface area contributed by atoms with Gasteiger partial charge >= 0.3 is 0 Å². The Morgan fingerprint density at radius 3 is 2.77 bits per heavy atom. The number of rotatable bonds is 11. The number of hydrogen-bond acceptors (Lipinski definition) is 9. The standard InChI is InChI=1S/C40H47FN8O4/c1-5-48(26(2)3)39(51)33-16-29(41)7-9-35(33)53-36-20-43-25-45-38(36)47-15-12-40(24-47)11-14-46(23-40)21-28-6-8-34-32(27(28)4)17-30(18-42)49(34)13-10-31-19-44-37(50)22-52-31/h6-9,16-17,20,25-26,31H,5,10-15,19,21-24H2,1-4H3,(H,44,50). The van der Waals surface area contributed by atoms with Crippen molar-refractivity contribution >= 4 is 28.5 Å². The molecule has 3 aliphatic rings. The van der Waals surface area contributed by atoms with Gasteiger partial charge in [-0.3, -0.25) is 14.5 Å². The molecule has 2 aromatic heterocycles. The second kappa shape index (κ2) is 15.1. The van der Waals surface area contributed by atoms with E-state index in [1.807, 2.05) is 26.8 Å². The van der Waals surface area contributed by atoms with Crippen molar-refractivity contribution in [3.63, 3.8) is 0 Å². The van der Waals surface area contributed by atoms with Gasteiger partial charge < -0.3 is 29.2 Å². The molecule has 12 nitrogen and oxygen atoms in total. The lowest BCUT2D eigenvalue weighted by molar-refractivity contribution is -0.133. The number of carbonyl (C=O) groups excluding carboxylic acids is 2. The topological polar surface area (TPSA) is 129 Å². The highest BCUT2D eigenvalue weighted by molar-refractivity contribution is 5.97. The summed E-state index contributed by atoms with van der Waals surface area (Å²) in [4.78, 5) is 40.2.